The molecular weight excluding hydrogens is 372 g/mol. The summed E-state index contributed by atoms with van der Waals surface area (Å²) in [6, 6.07) is 22.3. The number of anilines is 1. The second-order valence-electron chi connectivity index (χ2n) is 7.39. The van der Waals surface area contributed by atoms with Crippen LogP contribution >= 0.6 is 11.6 Å². The molecule has 1 heterocycles. The lowest BCUT2D eigenvalue weighted by molar-refractivity contribution is -0.903. The van der Waals surface area contributed by atoms with Gasteiger partial charge in [-0.3, -0.25) is 0 Å². The second-order valence-corrected chi connectivity index (χ2v) is 7.83. The van der Waals surface area contributed by atoms with Gasteiger partial charge in [0.2, 0.25) is 0 Å². The van der Waals surface area contributed by atoms with E-state index < -0.39 is 6.10 Å². The van der Waals surface area contributed by atoms with Crippen molar-refractivity contribution in [2.24, 2.45) is 0 Å². The third kappa shape index (κ3) is 4.76. The highest BCUT2D eigenvalue weighted by Gasteiger charge is 2.22. The molecule has 1 atom stereocenters. The predicted octanol–water partition coefficient (Wildman–Crippen LogP) is 2.64. The van der Waals surface area contributed by atoms with E-state index in [1.165, 1.54) is 16.0 Å². The summed E-state index contributed by atoms with van der Waals surface area (Å²) in [6.07, 6.45) is -0.469. The van der Waals surface area contributed by atoms with Crippen LogP contribution in [0.4, 0.5) is 5.69 Å². The fourth-order valence-corrected chi connectivity index (χ4v) is 3.90. The van der Waals surface area contributed by atoms with Gasteiger partial charge in [0.25, 0.3) is 0 Å². The number of quaternary nitrogens is 1. The lowest BCUT2D eigenvalue weighted by Crippen LogP contribution is -3.16. The molecule has 5 heteroatoms. The first-order valence-corrected chi connectivity index (χ1v) is 10.2. The lowest BCUT2D eigenvalue weighted by atomic mass is 10.1. The Hall–Kier alpha value is -2.27. The van der Waals surface area contributed by atoms with Gasteiger partial charge in [-0.2, -0.15) is 0 Å². The molecule has 3 aromatic carbocycles. The van der Waals surface area contributed by atoms with Crippen molar-refractivity contribution in [1.82, 2.24) is 0 Å². The lowest BCUT2D eigenvalue weighted by Gasteiger charge is -2.34. The quantitative estimate of drug-likeness (QED) is 0.671. The molecule has 28 heavy (non-hydrogen) atoms. The number of aliphatic hydroxyl groups excluding tert-OH is 1. The molecule has 1 aliphatic heterocycles. The van der Waals surface area contributed by atoms with Crippen LogP contribution < -0.4 is 14.5 Å². The average Bonchev–Trinajstić information content (AvgIpc) is 2.73. The van der Waals surface area contributed by atoms with E-state index in [9.17, 15) is 5.11 Å². The number of hydrogen-bond donors (Lipinski definition) is 2. The molecule has 0 unspecified atom stereocenters. The van der Waals surface area contributed by atoms with Gasteiger partial charge in [-0.1, -0.05) is 41.9 Å². The molecule has 0 aromatic heterocycles. The van der Waals surface area contributed by atoms with Gasteiger partial charge in [0.15, 0.2) is 0 Å². The molecular formula is C23H26ClN2O2+. The van der Waals surface area contributed by atoms with Gasteiger partial charge < -0.3 is 19.6 Å². The first-order chi connectivity index (χ1) is 13.7. The summed E-state index contributed by atoms with van der Waals surface area (Å²) < 4.78 is 5.83. The van der Waals surface area contributed by atoms with E-state index in [2.05, 4.69) is 35.2 Å². The van der Waals surface area contributed by atoms with Crippen LogP contribution in [-0.4, -0.2) is 50.5 Å². The van der Waals surface area contributed by atoms with Crippen molar-refractivity contribution in [1.29, 1.82) is 0 Å². The first-order valence-electron chi connectivity index (χ1n) is 9.81. The van der Waals surface area contributed by atoms with Crippen molar-refractivity contribution in [3.63, 3.8) is 0 Å². The van der Waals surface area contributed by atoms with E-state index in [-0.39, 0.29) is 0 Å². The summed E-state index contributed by atoms with van der Waals surface area (Å²) in [5.41, 5.74) is 1.21. The zero-order valence-electron chi connectivity index (χ0n) is 15.9. The fourth-order valence-electron chi connectivity index (χ4n) is 3.78. The number of rotatable bonds is 6. The zero-order valence-corrected chi connectivity index (χ0v) is 16.6. The summed E-state index contributed by atoms with van der Waals surface area (Å²) in [7, 11) is 0. The summed E-state index contributed by atoms with van der Waals surface area (Å²) >= 11 is 5.97. The minimum Gasteiger partial charge on any atom is -0.491 e. The number of piperazine rings is 1. The highest BCUT2D eigenvalue weighted by molar-refractivity contribution is 6.30. The van der Waals surface area contributed by atoms with Crippen molar-refractivity contribution in [2.75, 3.05) is 44.2 Å². The molecule has 4 rings (SSSR count). The average molecular weight is 398 g/mol. The largest absolute Gasteiger partial charge is 0.491 e. The van der Waals surface area contributed by atoms with Crippen molar-refractivity contribution in [3.8, 4) is 5.75 Å². The Labute approximate surface area is 170 Å². The molecule has 3 aromatic rings. The number of benzene rings is 3. The monoisotopic (exact) mass is 397 g/mol. The van der Waals surface area contributed by atoms with Gasteiger partial charge in [-0.25, -0.2) is 0 Å². The van der Waals surface area contributed by atoms with Crippen LogP contribution in [0.25, 0.3) is 10.8 Å². The van der Waals surface area contributed by atoms with E-state index in [4.69, 9.17) is 16.3 Å². The Morgan fingerprint density at radius 1 is 0.964 bits per heavy atom. The molecule has 146 valence electrons. The summed E-state index contributed by atoms with van der Waals surface area (Å²) in [5.74, 6) is 0.806. The van der Waals surface area contributed by atoms with Crippen LogP contribution in [-0.2, 0) is 0 Å². The van der Waals surface area contributed by atoms with Gasteiger partial charge in [0.1, 0.15) is 25.0 Å². The Balaban J connectivity index is 1.24. The number of halogens is 1. The Bertz CT molecular complexity index is 908. The van der Waals surface area contributed by atoms with Crippen LogP contribution in [0.15, 0.2) is 66.7 Å². The maximum Gasteiger partial charge on any atom is 0.137 e. The number of nitrogens with one attached hydrogen (secondary N) is 1. The standard InChI is InChI=1S/C23H25ClN2O2/c24-20-6-8-21(9-7-20)26-13-11-25(12-14-26)16-22(27)17-28-23-10-5-18-3-1-2-4-19(18)15-23/h1-10,15,22,27H,11-14,16-17H2/p+1/t22-/m0/s1. The molecule has 1 aliphatic rings. The van der Waals surface area contributed by atoms with Crippen LogP contribution in [0.1, 0.15) is 0 Å². The molecule has 0 spiro atoms. The summed E-state index contributed by atoms with van der Waals surface area (Å²) in [6.45, 7) is 5.01. The normalized spacial score (nSPS) is 16.3. The van der Waals surface area contributed by atoms with Crippen LogP contribution in [0, 0.1) is 0 Å². The van der Waals surface area contributed by atoms with Gasteiger partial charge in [-0.05, 0) is 47.2 Å². The van der Waals surface area contributed by atoms with E-state index in [1.807, 2.05) is 36.4 Å². The minimum atomic E-state index is -0.469. The van der Waals surface area contributed by atoms with Crippen molar-refractivity contribution >= 4 is 28.1 Å². The van der Waals surface area contributed by atoms with E-state index >= 15 is 0 Å². The number of nitrogens with zero attached hydrogens (tertiary/aromatic N) is 1. The van der Waals surface area contributed by atoms with E-state index in [0.717, 1.165) is 42.3 Å². The van der Waals surface area contributed by atoms with Gasteiger partial charge in [0, 0.05) is 10.7 Å². The van der Waals surface area contributed by atoms with Crippen LogP contribution in [0.2, 0.25) is 5.02 Å². The van der Waals surface area contributed by atoms with Crippen LogP contribution in [0.5, 0.6) is 5.75 Å². The zero-order chi connectivity index (χ0) is 19.3. The van der Waals surface area contributed by atoms with Crippen molar-refractivity contribution in [3.05, 3.63) is 71.8 Å². The van der Waals surface area contributed by atoms with E-state index in [1.54, 1.807) is 0 Å². The topological polar surface area (TPSA) is 37.1 Å². The maximum absolute atomic E-state index is 10.4. The fraction of sp³-hybridized carbons (Fsp3) is 0.304. The Kier molecular flexibility index (Phi) is 6.01. The maximum atomic E-state index is 10.4. The molecule has 1 fully saturated rings. The summed E-state index contributed by atoms with van der Waals surface area (Å²) in [4.78, 5) is 3.79. The molecule has 1 saturated heterocycles. The van der Waals surface area contributed by atoms with E-state index in [0.29, 0.717) is 13.2 Å². The highest BCUT2D eigenvalue weighted by Crippen LogP contribution is 2.20. The SMILES string of the molecule is O[C@H](COc1ccc2ccccc2c1)C[NH+]1CCN(c2ccc(Cl)cc2)CC1. The third-order valence-corrected chi connectivity index (χ3v) is 5.60. The van der Waals surface area contributed by atoms with Gasteiger partial charge in [0.05, 0.1) is 26.2 Å². The Morgan fingerprint density at radius 2 is 1.68 bits per heavy atom. The highest BCUT2D eigenvalue weighted by atomic mass is 35.5. The van der Waals surface area contributed by atoms with Gasteiger partial charge in [-0.15, -0.1) is 0 Å². The van der Waals surface area contributed by atoms with Crippen molar-refractivity contribution in [2.45, 2.75) is 6.10 Å². The second kappa shape index (κ2) is 8.82. The molecule has 4 nitrogen and oxygen atoms in total. The number of ether oxygens (including phenoxy) is 1. The summed E-state index contributed by atoms with van der Waals surface area (Å²) in [5, 5.41) is 13.5. The molecule has 0 amide bonds. The molecule has 0 aliphatic carbocycles. The Morgan fingerprint density at radius 3 is 2.43 bits per heavy atom. The smallest absolute Gasteiger partial charge is 0.137 e. The molecule has 0 radical (unpaired) electrons. The molecule has 0 saturated carbocycles. The first kappa shape index (κ1) is 19.1. The van der Waals surface area contributed by atoms with Crippen LogP contribution in [0.3, 0.4) is 0 Å². The molecule has 0 bridgehead atoms. The van der Waals surface area contributed by atoms with Gasteiger partial charge >= 0.3 is 0 Å². The molecule has 2 N–H and O–H groups in total. The number of fused-ring (bicyclic) bond motifs is 1. The third-order valence-electron chi connectivity index (χ3n) is 5.35. The predicted molar refractivity (Wildman–Crippen MR) is 115 cm³/mol. The number of hydrogen-bond acceptors (Lipinski definition) is 3. The number of aliphatic hydroxyl groups is 1. The van der Waals surface area contributed by atoms with Crippen molar-refractivity contribution < 1.29 is 14.7 Å². The minimum absolute atomic E-state index is 0.322.